The number of carbonyl (C=O) groups excluding carboxylic acids is 1. The van der Waals surface area contributed by atoms with Crippen LogP contribution in [0, 0.1) is 0 Å². The third kappa shape index (κ3) is 3.24. The highest BCUT2D eigenvalue weighted by Gasteiger charge is 2.29. The molecule has 1 fully saturated rings. The zero-order valence-electron chi connectivity index (χ0n) is 14.2. The first kappa shape index (κ1) is 16.8. The molecular formula is C20H17BrN2O3. The Morgan fingerprint density at radius 3 is 2.77 bits per heavy atom. The van der Waals surface area contributed by atoms with Crippen LogP contribution in [0.15, 0.2) is 53.1 Å². The molecule has 1 saturated carbocycles. The maximum Gasteiger partial charge on any atom is 0.339 e. The van der Waals surface area contributed by atoms with Crippen molar-refractivity contribution >= 4 is 38.5 Å². The van der Waals surface area contributed by atoms with Crippen molar-refractivity contribution in [3.63, 3.8) is 0 Å². The maximum atomic E-state index is 11.7. The third-order valence-electron chi connectivity index (χ3n) is 4.44. The summed E-state index contributed by atoms with van der Waals surface area (Å²) in [5, 5.41) is 2.34. The molecule has 4 rings (SSSR count). The largest absolute Gasteiger partial charge is 0.465 e. The average Bonchev–Trinajstić information content (AvgIpc) is 3.50. The van der Waals surface area contributed by atoms with Gasteiger partial charge in [-0.3, -0.25) is 0 Å². The number of ether oxygens (including phenoxy) is 1. The summed E-state index contributed by atoms with van der Waals surface area (Å²) in [6, 6.07) is 13.3. The average molecular weight is 413 g/mol. The Kier molecular flexibility index (Phi) is 4.51. The number of hydrogen-bond donors (Lipinski definition) is 1. The monoisotopic (exact) mass is 412 g/mol. The molecule has 3 aromatic rings. The lowest BCUT2D eigenvalue weighted by atomic mass is 10.0. The highest BCUT2D eigenvalue weighted by atomic mass is 79.9. The predicted molar refractivity (Wildman–Crippen MR) is 103 cm³/mol. The molecule has 0 spiro atoms. The summed E-state index contributed by atoms with van der Waals surface area (Å²) in [4.78, 5) is 21.9. The number of nitrogens with zero attached hydrogens (tertiary/aromatic N) is 1. The van der Waals surface area contributed by atoms with Crippen LogP contribution in [0.25, 0.3) is 10.8 Å². The predicted octanol–water partition coefficient (Wildman–Crippen LogP) is 5.07. The number of carbonyl (C=O) groups is 1. The molecule has 1 aromatic heterocycles. The molecule has 1 aliphatic carbocycles. The molecular weight excluding hydrogens is 396 g/mol. The van der Waals surface area contributed by atoms with Gasteiger partial charge >= 0.3 is 5.97 Å². The van der Waals surface area contributed by atoms with Crippen molar-refractivity contribution in [3.05, 3.63) is 64.3 Å². The summed E-state index contributed by atoms with van der Waals surface area (Å²) < 4.78 is 5.35. The Balaban J connectivity index is 1.59. The van der Waals surface area contributed by atoms with Crippen LogP contribution >= 0.6 is 15.9 Å². The van der Waals surface area contributed by atoms with E-state index in [2.05, 4.69) is 38.5 Å². The van der Waals surface area contributed by atoms with Gasteiger partial charge in [-0.2, -0.15) is 0 Å². The molecule has 6 heteroatoms. The highest BCUT2D eigenvalue weighted by molar-refractivity contribution is 9.10. The molecule has 0 radical (unpaired) electrons. The van der Waals surface area contributed by atoms with E-state index in [1.165, 1.54) is 30.9 Å². The molecule has 1 heterocycles. The smallest absolute Gasteiger partial charge is 0.339 e. The summed E-state index contributed by atoms with van der Waals surface area (Å²) in [6.07, 6.45) is 4.19. The van der Waals surface area contributed by atoms with Gasteiger partial charge in [-0.25, -0.2) is 15.3 Å². The lowest BCUT2D eigenvalue weighted by Gasteiger charge is -2.14. The Labute approximate surface area is 159 Å². The van der Waals surface area contributed by atoms with Gasteiger partial charge in [-0.1, -0.05) is 24.3 Å². The number of anilines is 1. The number of nitrogens with one attached hydrogen (secondary N) is 1. The zero-order valence-corrected chi connectivity index (χ0v) is 15.7. The topological polar surface area (TPSA) is 60.5 Å². The lowest BCUT2D eigenvalue weighted by molar-refractivity contribution is 0.0599. The quantitative estimate of drug-likeness (QED) is 0.468. The van der Waals surface area contributed by atoms with E-state index in [4.69, 9.17) is 9.57 Å². The molecule has 0 bridgehead atoms. The van der Waals surface area contributed by atoms with E-state index in [1.807, 2.05) is 18.3 Å². The van der Waals surface area contributed by atoms with Gasteiger partial charge in [0.2, 0.25) is 0 Å². The minimum Gasteiger partial charge on any atom is -0.465 e. The van der Waals surface area contributed by atoms with Gasteiger partial charge in [0.05, 0.1) is 12.7 Å². The first-order chi connectivity index (χ1) is 12.7. The Hall–Kier alpha value is -2.60. The Morgan fingerprint density at radius 2 is 2.04 bits per heavy atom. The fourth-order valence-electron chi connectivity index (χ4n) is 2.99. The van der Waals surface area contributed by atoms with Gasteiger partial charge in [0.1, 0.15) is 0 Å². The van der Waals surface area contributed by atoms with Gasteiger partial charge in [0.15, 0.2) is 11.6 Å². The third-order valence-corrected chi connectivity index (χ3v) is 5.09. The SMILES string of the molecule is COC(=O)c1ccc(ONc2ncc3ccccc3c2C2CC2)cc1Br. The molecule has 0 saturated heterocycles. The number of esters is 1. The molecule has 1 N–H and O–H groups in total. The minimum absolute atomic E-state index is 0.399. The lowest BCUT2D eigenvalue weighted by Crippen LogP contribution is -2.10. The normalized spacial score (nSPS) is 13.5. The fourth-order valence-corrected chi connectivity index (χ4v) is 3.51. The van der Waals surface area contributed by atoms with Gasteiger partial charge in [0.25, 0.3) is 0 Å². The summed E-state index contributed by atoms with van der Waals surface area (Å²) >= 11 is 3.37. The molecule has 2 aromatic carbocycles. The zero-order chi connectivity index (χ0) is 18.1. The molecule has 26 heavy (non-hydrogen) atoms. The van der Waals surface area contributed by atoms with Crippen LogP contribution in [-0.2, 0) is 4.74 Å². The second kappa shape index (κ2) is 6.96. The number of fused-ring (bicyclic) bond motifs is 1. The molecule has 1 aliphatic rings. The number of halogens is 1. The number of hydrogen-bond acceptors (Lipinski definition) is 5. The molecule has 0 atom stereocenters. The summed E-state index contributed by atoms with van der Waals surface area (Å²) in [7, 11) is 1.35. The molecule has 132 valence electrons. The van der Waals surface area contributed by atoms with E-state index >= 15 is 0 Å². The van der Waals surface area contributed by atoms with Crippen molar-refractivity contribution in [2.75, 3.05) is 12.6 Å². The van der Waals surface area contributed by atoms with E-state index in [0.29, 0.717) is 21.7 Å². The van der Waals surface area contributed by atoms with E-state index in [1.54, 1.807) is 18.2 Å². The highest BCUT2D eigenvalue weighted by Crippen LogP contribution is 2.46. The Morgan fingerprint density at radius 1 is 1.23 bits per heavy atom. The first-order valence-electron chi connectivity index (χ1n) is 8.35. The van der Waals surface area contributed by atoms with Crippen LogP contribution < -0.4 is 10.3 Å². The fraction of sp³-hybridized carbons (Fsp3) is 0.200. The van der Waals surface area contributed by atoms with Crippen LogP contribution in [0.3, 0.4) is 0 Å². The number of aromatic nitrogens is 1. The van der Waals surface area contributed by atoms with Crippen LogP contribution in [0.1, 0.15) is 34.7 Å². The van der Waals surface area contributed by atoms with Crippen molar-refractivity contribution < 1.29 is 14.4 Å². The first-order valence-corrected chi connectivity index (χ1v) is 9.15. The number of methoxy groups -OCH3 is 1. The van der Waals surface area contributed by atoms with E-state index < -0.39 is 5.97 Å². The van der Waals surface area contributed by atoms with E-state index in [0.717, 1.165) is 11.2 Å². The summed E-state index contributed by atoms with van der Waals surface area (Å²) in [5.41, 5.74) is 4.63. The Bertz CT molecular complexity index is 986. The van der Waals surface area contributed by atoms with E-state index in [-0.39, 0.29) is 0 Å². The second-order valence-corrected chi connectivity index (χ2v) is 7.07. The molecule has 5 nitrogen and oxygen atoms in total. The number of benzene rings is 2. The van der Waals surface area contributed by atoms with Gasteiger partial charge in [0, 0.05) is 21.6 Å². The van der Waals surface area contributed by atoms with Crippen molar-refractivity contribution in [1.29, 1.82) is 0 Å². The number of pyridine rings is 1. The standard InChI is InChI=1S/C20H17BrN2O3/c1-25-20(24)16-9-8-14(10-17(16)21)26-23-19-18(12-6-7-12)15-5-3-2-4-13(15)11-22-19/h2-5,8-12H,6-7H2,1H3,(H,22,23). The summed E-state index contributed by atoms with van der Waals surface area (Å²) in [6.45, 7) is 0. The van der Waals surface area contributed by atoms with Crippen molar-refractivity contribution in [2.45, 2.75) is 18.8 Å². The second-order valence-electron chi connectivity index (χ2n) is 6.22. The molecule has 0 aliphatic heterocycles. The van der Waals surface area contributed by atoms with Crippen molar-refractivity contribution in [2.24, 2.45) is 0 Å². The van der Waals surface area contributed by atoms with Gasteiger partial charge in [-0.05, 0) is 58.3 Å². The minimum atomic E-state index is -0.399. The summed E-state index contributed by atoms with van der Waals surface area (Å²) in [5.74, 6) is 1.43. The van der Waals surface area contributed by atoms with Crippen molar-refractivity contribution in [1.82, 2.24) is 4.98 Å². The van der Waals surface area contributed by atoms with Gasteiger partial charge in [-0.15, -0.1) is 0 Å². The maximum absolute atomic E-state index is 11.7. The van der Waals surface area contributed by atoms with Crippen LogP contribution in [0.2, 0.25) is 0 Å². The van der Waals surface area contributed by atoms with Crippen LogP contribution in [-0.4, -0.2) is 18.1 Å². The molecule has 0 unspecified atom stereocenters. The van der Waals surface area contributed by atoms with Crippen LogP contribution in [0.4, 0.5) is 5.82 Å². The number of rotatable bonds is 5. The van der Waals surface area contributed by atoms with Gasteiger partial charge < -0.3 is 9.57 Å². The van der Waals surface area contributed by atoms with Crippen LogP contribution in [0.5, 0.6) is 5.75 Å². The van der Waals surface area contributed by atoms with Crippen molar-refractivity contribution in [3.8, 4) is 5.75 Å². The molecule has 0 amide bonds. The van der Waals surface area contributed by atoms with E-state index in [9.17, 15) is 4.79 Å².